The number of fused-ring (bicyclic) bond motifs is 1. The van der Waals surface area contributed by atoms with Gasteiger partial charge < -0.3 is 15.2 Å². The topological polar surface area (TPSA) is 64.8 Å². The lowest BCUT2D eigenvalue weighted by Crippen LogP contribution is -2.35. The Labute approximate surface area is 177 Å². The Kier molecular flexibility index (Phi) is 5.72. The van der Waals surface area contributed by atoms with Crippen molar-refractivity contribution >= 4 is 5.91 Å². The Balaban J connectivity index is 1.73. The Morgan fingerprint density at radius 2 is 1.67 bits per heavy atom. The van der Waals surface area contributed by atoms with Gasteiger partial charge in [-0.25, -0.2) is 0 Å². The van der Waals surface area contributed by atoms with Crippen LogP contribution in [0.1, 0.15) is 38.7 Å². The molecule has 0 saturated heterocycles. The first kappa shape index (κ1) is 20.0. The van der Waals surface area contributed by atoms with Crippen LogP contribution in [0, 0.1) is 0 Å². The molecule has 0 fully saturated rings. The number of nitrogens with two attached hydrogens (primary N) is 1. The smallest absolute Gasteiger partial charge is 0.248 e. The monoisotopic (exact) mass is 402 g/mol. The van der Waals surface area contributed by atoms with E-state index in [2.05, 4.69) is 41.3 Å². The van der Waals surface area contributed by atoms with Crippen LogP contribution >= 0.6 is 0 Å². The van der Waals surface area contributed by atoms with Crippen LogP contribution in [-0.4, -0.2) is 31.6 Å². The summed E-state index contributed by atoms with van der Waals surface area (Å²) in [6.07, 6.45) is 0.929. The van der Waals surface area contributed by atoms with E-state index in [1.54, 1.807) is 26.4 Å². The zero-order valence-corrected chi connectivity index (χ0v) is 17.3. The fraction of sp³-hybridized carbons (Fsp3) is 0.240. The van der Waals surface area contributed by atoms with E-state index < -0.39 is 5.91 Å². The third-order valence-electron chi connectivity index (χ3n) is 5.71. The fourth-order valence-corrected chi connectivity index (χ4v) is 4.20. The predicted molar refractivity (Wildman–Crippen MR) is 117 cm³/mol. The van der Waals surface area contributed by atoms with Crippen LogP contribution < -0.4 is 15.2 Å². The van der Waals surface area contributed by atoms with Crippen molar-refractivity contribution in [2.45, 2.75) is 19.0 Å². The van der Waals surface area contributed by atoms with Gasteiger partial charge in [-0.3, -0.25) is 9.69 Å². The van der Waals surface area contributed by atoms with Gasteiger partial charge >= 0.3 is 0 Å². The summed E-state index contributed by atoms with van der Waals surface area (Å²) >= 11 is 0. The third kappa shape index (κ3) is 3.89. The molecule has 3 aromatic rings. The third-order valence-corrected chi connectivity index (χ3v) is 5.71. The fourth-order valence-electron chi connectivity index (χ4n) is 4.20. The van der Waals surface area contributed by atoms with E-state index in [0.29, 0.717) is 5.56 Å². The Hall–Kier alpha value is -3.31. The molecule has 0 radical (unpaired) electrons. The molecule has 1 atom stereocenters. The van der Waals surface area contributed by atoms with E-state index in [0.717, 1.165) is 36.6 Å². The number of ether oxygens (including phenoxy) is 2. The van der Waals surface area contributed by atoms with Gasteiger partial charge in [-0.2, -0.15) is 0 Å². The van der Waals surface area contributed by atoms with Crippen molar-refractivity contribution in [1.82, 2.24) is 4.90 Å². The highest BCUT2D eigenvalue weighted by atomic mass is 16.5. The molecule has 1 aliphatic heterocycles. The maximum absolute atomic E-state index is 11.4. The van der Waals surface area contributed by atoms with Gasteiger partial charge in [0.05, 0.1) is 20.3 Å². The Morgan fingerprint density at radius 3 is 2.30 bits per heavy atom. The summed E-state index contributed by atoms with van der Waals surface area (Å²) in [4.78, 5) is 13.8. The van der Waals surface area contributed by atoms with Gasteiger partial charge in [-0.1, -0.05) is 42.5 Å². The average Bonchev–Trinajstić information content (AvgIpc) is 2.79. The summed E-state index contributed by atoms with van der Waals surface area (Å²) < 4.78 is 11.1. The molecule has 3 aromatic carbocycles. The predicted octanol–water partition coefficient (Wildman–Crippen LogP) is 3.95. The summed E-state index contributed by atoms with van der Waals surface area (Å²) in [5.74, 6) is 1.10. The highest BCUT2D eigenvalue weighted by molar-refractivity contribution is 5.92. The van der Waals surface area contributed by atoms with Gasteiger partial charge in [0.15, 0.2) is 11.5 Å². The number of carbonyl (C=O) groups excluding carboxylic acids is 1. The lowest BCUT2D eigenvalue weighted by Gasteiger charge is -2.38. The van der Waals surface area contributed by atoms with Crippen molar-refractivity contribution in [2.75, 3.05) is 20.8 Å². The number of hydrogen-bond acceptors (Lipinski definition) is 4. The zero-order valence-electron chi connectivity index (χ0n) is 17.3. The molecule has 5 nitrogen and oxygen atoms in total. The molecule has 0 spiro atoms. The number of methoxy groups -OCH3 is 2. The second-order valence-electron chi connectivity index (χ2n) is 7.50. The summed E-state index contributed by atoms with van der Waals surface area (Å²) in [5.41, 5.74) is 10.8. The van der Waals surface area contributed by atoms with E-state index in [1.807, 2.05) is 18.2 Å². The molecule has 1 amide bonds. The largest absolute Gasteiger partial charge is 0.493 e. The number of benzene rings is 3. The standard InChI is InChI=1S/C25H26N2O3/c1-29-22-14-20-12-13-27(16-17-8-10-19(11-9-17)25(26)28)24(18-6-4-3-5-7-18)21(20)15-23(22)30-2/h3-11,14-15,24H,12-13,16H2,1-2H3,(H2,26,28)/t24-/m1/s1. The minimum Gasteiger partial charge on any atom is -0.493 e. The second kappa shape index (κ2) is 8.59. The lowest BCUT2D eigenvalue weighted by atomic mass is 9.87. The van der Waals surface area contributed by atoms with Crippen LogP contribution in [0.25, 0.3) is 0 Å². The number of nitrogens with zero attached hydrogens (tertiary/aromatic N) is 1. The molecule has 30 heavy (non-hydrogen) atoms. The van der Waals surface area contributed by atoms with E-state index >= 15 is 0 Å². The molecule has 0 saturated carbocycles. The molecule has 154 valence electrons. The number of primary amides is 1. The van der Waals surface area contributed by atoms with Gasteiger partial charge in [0.25, 0.3) is 0 Å². The Bertz CT molecular complexity index is 1030. The molecular formula is C25H26N2O3. The summed E-state index contributed by atoms with van der Waals surface area (Å²) in [7, 11) is 3.34. The minimum absolute atomic E-state index is 0.102. The molecule has 0 aromatic heterocycles. The average molecular weight is 402 g/mol. The number of carbonyl (C=O) groups is 1. The second-order valence-corrected chi connectivity index (χ2v) is 7.50. The van der Waals surface area contributed by atoms with Gasteiger partial charge in [0.1, 0.15) is 0 Å². The first-order chi connectivity index (χ1) is 14.6. The molecule has 5 heteroatoms. The Morgan fingerprint density at radius 1 is 1.00 bits per heavy atom. The van der Waals surface area contributed by atoms with E-state index in [-0.39, 0.29) is 6.04 Å². The highest BCUT2D eigenvalue weighted by Crippen LogP contribution is 2.41. The molecule has 0 unspecified atom stereocenters. The summed E-state index contributed by atoms with van der Waals surface area (Å²) in [6.45, 7) is 1.69. The SMILES string of the molecule is COc1cc2c(cc1OC)[C@@H](c1ccccc1)N(Cc1ccc(C(N)=O)cc1)CC2. The van der Waals surface area contributed by atoms with Crippen LogP contribution in [0.5, 0.6) is 11.5 Å². The van der Waals surface area contributed by atoms with Crippen molar-refractivity contribution < 1.29 is 14.3 Å². The van der Waals surface area contributed by atoms with Crippen molar-refractivity contribution in [2.24, 2.45) is 5.73 Å². The first-order valence-electron chi connectivity index (χ1n) is 10.0. The van der Waals surface area contributed by atoms with Crippen molar-refractivity contribution in [3.05, 3.63) is 94.5 Å². The molecule has 2 N–H and O–H groups in total. The number of hydrogen-bond donors (Lipinski definition) is 1. The van der Waals surface area contributed by atoms with Gasteiger partial charge in [0.2, 0.25) is 5.91 Å². The highest BCUT2D eigenvalue weighted by Gasteiger charge is 2.30. The number of rotatable bonds is 6. The molecule has 1 heterocycles. The molecule has 1 aliphatic rings. The van der Waals surface area contributed by atoms with E-state index in [4.69, 9.17) is 15.2 Å². The summed E-state index contributed by atoms with van der Waals surface area (Å²) in [6, 6.07) is 22.4. The summed E-state index contributed by atoms with van der Waals surface area (Å²) in [5, 5.41) is 0. The maximum atomic E-state index is 11.4. The van der Waals surface area contributed by atoms with Crippen LogP contribution in [0.4, 0.5) is 0 Å². The van der Waals surface area contributed by atoms with Gasteiger partial charge in [-0.15, -0.1) is 0 Å². The zero-order chi connectivity index (χ0) is 21.1. The van der Waals surface area contributed by atoms with E-state index in [1.165, 1.54) is 16.7 Å². The first-order valence-corrected chi connectivity index (χ1v) is 10.0. The van der Waals surface area contributed by atoms with Crippen LogP contribution in [-0.2, 0) is 13.0 Å². The van der Waals surface area contributed by atoms with Crippen molar-refractivity contribution in [3.63, 3.8) is 0 Å². The molecule has 4 rings (SSSR count). The van der Waals surface area contributed by atoms with Crippen molar-refractivity contribution in [3.8, 4) is 11.5 Å². The normalized spacial score (nSPS) is 16.0. The number of amides is 1. The van der Waals surface area contributed by atoms with Gasteiger partial charge in [-0.05, 0) is 52.9 Å². The lowest BCUT2D eigenvalue weighted by molar-refractivity contribution is 0.1000. The quantitative estimate of drug-likeness (QED) is 0.678. The van der Waals surface area contributed by atoms with Crippen LogP contribution in [0.2, 0.25) is 0 Å². The molecule has 0 bridgehead atoms. The molecule has 0 aliphatic carbocycles. The maximum Gasteiger partial charge on any atom is 0.248 e. The molecular weight excluding hydrogens is 376 g/mol. The van der Waals surface area contributed by atoms with Crippen molar-refractivity contribution in [1.29, 1.82) is 0 Å². The van der Waals surface area contributed by atoms with Crippen LogP contribution in [0.15, 0.2) is 66.7 Å². The van der Waals surface area contributed by atoms with Crippen LogP contribution in [0.3, 0.4) is 0 Å². The minimum atomic E-state index is -0.406. The van der Waals surface area contributed by atoms with Gasteiger partial charge in [0, 0.05) is 18.7 Å². The van der Waals surface area contributed by atoms with E-state index in [9.17, 15) is 4.79 Å².